The van der Waals surface area contributed by atoms with Gasteiger partial charge in [-0.3, -0.25) is 0 Å². The first-order chi connectivity index (χ1) is 11.5. The van der Waals surface area contributed by atoms with E-state index in [1.807, 2.05) is 6.92 Å². The van der Waals surface area contributed by atoms with Gasteiger partial charge >= 0.3 is 28.3 Å². The minimum atomic E-state index is -0.341. The smallest absolute Gasteiger partial charge is 0.722 e. The molecule has 0 unspecified atom stereocenters. The largest absolute Gasteiger partial charge is 1.00 e. The fourth-order valence-corrected chi connectivity index (χ4v) is 3.38. The Morgan fingerprint density at radius 2 is 1.44 bits per heavy atom. The third-order valence-electron chi connectivity index (χ3n) is 3.21. The summed E-state index contributed by atoms with van der Waals surface area (Å²) in [6.45, 7) is 11.3. The van der Waals surface area contributed by atoms with Gasteiger partial charge in [0.15, 0.2) is 0 Å². The van der Waals surface area contributed by atoms with Gasteiger partial charge in [0.1, 0.15) is 0 Å². The van der Waals surface area contributed by atoms with Gasteiger partial charge < -0.3 is 22.1 Å². The van der Waals surface area contributed by atoms with Crippen LogP contribution in [0.3, 0.4) is 0 Å². The van der Waals surface area contributed by atoms with Crippen LogP contribution in [-0.2, 0) is 44.5 Å². The van der Waals surface area contributed by atoms with E-state index in [0.29, 0.717) is 32.4 Å². The number of aliphatic imine (C=N–C) groups is 1. The third-order valence-corrected chi connectivity index (χ3v) is 6.10. The molecule has 1 aromatic carbocycles. The summed E-state index contributed by atoms with van der Waals surface area (Å²) < 4.78 is 9.90. The zero-order valence-electron chi connectivity index (χ0n) is 15.7. The Hall–Kier alpha value is -0.450. The molecule has 25 heavy (non-hydrogen) atoms. The molecule has 7 heteroatoms. The SMILES string of the molecule is CCOC(=O)c1ccc(N=C([S-])OCC)cc1.CCP(CC)CC.[Au+]. The summed E-state index contributed by atoms with van der Waals surface area (Å²) in [6, 6.07) is 6.67. The molecule has 1 aromatic rings. The molecule has 0 bridgehead atoms. The van der Waals surface area contributed by atoms with E-state index in [9.17, 15) is 4.79 Å². The van der Waals surface area contributed by atoms with E-state index >= 15 is 0 Å². The quantitative estimate of drug-likeness (QED) is 0.117. The monoisotopic (exact) mass is 567 g/mol. The second kappa shape index (κ2) is 17.0. The Morgan fingerprint density at radius 1 is 0.960 bits per heavy atom. The molecule has 0 aliphatic heterocycles. The van der Waals surface area contributed by atoms with E-state index in [0.717, 1.165) is 0 Å². The molecule has 4 nitrogen and oxygen atoms in total. The summed E-state index contributed by atoms with van der Waals surface area (Å²) in [6.07, 6.45) is 4.26. The molecule has 0 aromatic heterocycles. The summed E-state index contributed by atoms with van der Waals surface area (Å²) in [5, 5.41) is 0.191. The van der Waals surface area contributed by atoms with Crippen LogP contribution in [0, 0.1) is 0 Å². The number of carbonyl (C=O) groups excluding carboxylic acids is 1. The van der Waals surface area contributed by atoms with Crippen LogP contribution in [0.4, 0.5) is 5.69 Å². The zero-order chi connectivity index (χ0) is 18.4. The number of ether oxygens (including phenoxy) is 2. The van der Waals surface area contributed by atoms with Crippen LogP contribution in [0.1, 0.15) is 45.0 Å². The number of benzene rings is 1. The van der Waals surface area contributed by atoms with Gasteiger partial charge in [-0.05, 0) is 56.6 Å². The summed E-state index contributed by atoms with van der Waals surface area (Å²) in [7, 11) is 0.446. The summed E-state index contributed by atoms with van der Waals surface area (Å²) in [5.74, 6) is -0.341. The average molecular weight is 567 g/mol. The second-order valence-corrected chi connectivity index (χ2v) is 8.29. The average Bonchev–Trinajstić information content (AvgIpc) is 2.58. The fourth-order valence-electron chi connectivity index (χ4n) is 1.82. The van der Waals surface area contributed by atoms with Gasteiger partial charge in [0.25, 0.3) is 0 Å². The van der Waals surface area contributed by atoms with Crippen molar-refractivity contribution in [2.75, 3.05) is 31.7 Å². The first-order valence-electron chi connectivity index (χ1n) is 8.40. The van der Waals surface area contributed by atoms with Crippen molar-refractivity contribution < 1.29 is 36.6 Å². The van der Waals surface area contributed by atoms with Crippen molar-refractivity contribution in [2.24, 2.45) is 4.99 Å². The van der Waals surface area contributed by atoms with E-state index in [4.69, 9.17) is 22.1 Å². The van der Waals surface area contributed by atoms with Crippen LogP contribution in [0.2, 0.25) is 0 Å². The molecule has 0 heterocycles. The number of hydrogen-bond acceptors (Lipinski definition) is 5. The molecule has 0 fully saturated rings. The number of carbonyl (C=O) groups is 1. The molecule has 0 aliphatic carbocycles. The molecule has 146 valence electrons. The van der Waals surface area contributed by atoms with Crippen LogP contribution in [0.25, 0.3) is 0 Å². The van der Waals surface area contributed by atoms with Crippen molar-refractivity contribution in [2.45, 2.75) is 34.6 Å². The standard InChI is InChI=1S/C12H15NO3S.C6H15P.Au/c1-3-15-11(14)9-5-7-10(8-6-9)13-12(17)16-4-2;1-4-7(5-2)6-3;/h5-8H,3-4H2,1-2H3,(H,13,17);4-6H2,1-3H3;/q;;+1/p-1. The Labute approximate surface area is 174 Å². The molecule has 1 rings (SSSR count). The molecule has 0 atom stereocenters. The maximum Gasteiger partial charge on any atom is 1.00 e. The Morgan fingerprint density at radius 3 is 1.80 bits per heavy atom. The van der Waals surface area contributed by atoms with Crippen molar-refractivity contribution in [1.29, 1.82) is 0 Å². The van der Waals surface area contributed by atoms with Crippen LogP contribution < -0.4 is 0 Å². The predicted octanol–water partition coefficient (Wildman–Crippen LogP) is 4.96. The summed E-state index contributed by atoms with van der Waals surface area (Å²) >= 11 is 4.88. The van der Waals surface area contributed by atoms with Crippen LogP contribution >= 0.6 is 7.92 Å². The van der Waals surface area contributed by atoms with Gasteiger partial charge in [-0.2, -0.15) is 0 Å². The van der Waals surface area contributed by atoms with Gasteiger partial charge in [-0.1, -0.05) is 20.8 Å². The predicted molar refractivity (Wildman–Crippen MR) is 107 cm³/mol. The van der Waals surface area contributed by atoms with Gasteiger partial charge in [-0.15, -0.1) is 7.92 Å². The molecule has 0 saturated carbocycles. The van der Waals surface area contributed by atoms with Crippen molar-refractivity contribution in [1.82, 2.24) is 0 Å². The molecule has 0 amide bonds. The third kappa shape index (κ3) is 12.5. The fraction of sp³-hybridized carbons (Fsp3) is 0.556. The number of nitrogens with zero attached hydrogens (tertiary/aromatic N) is 1. The van der Waals surface area contributed by atoms with Crippen molar-refractivity contribution in [3.8, 4) is 0 Å². The van der Waals surface area contributed by atoms with E-state index in [1.54, 1.807) is 31.2 Å². The van der Waals surface area contributed by atoms with E-state index < -0.39 is 0 Å². The van der Waals surface area contributed by atoms with Crippen molar-refractivity contribution >= 4 is 37.4 Å². The van der Waals surface area contributed by atoms with Crippen molar-refractivity contribution in [3.63, 3.8) is 0 Å². The van der Waals surface area contributed by atoms with Crippen LogP contribution in [0.15, 0.2) is 29.3 Å². The zero-order valence-corrected chi connectivity index (χ0v) is 19.6. The maximum absolute atomic E-state index is 11.4. The number of esters is 1. The van der Waals surface area contributed by atoms with Gasteiger partial charge in [0, 0.05) is 0 Å². The molecule has 0 N–H and O–H groups in total. The van der Waals surface area contributed by atoms with E-state index in [1.165, 1.54) is 18.5 Å². The van der Waals surface area contributed by atoms with E-state index in [-0.39, 0.29) is 33.6 Å². The molecule has 0 radical (unpaired) electrons. The normalized spacial score (nSPS) is 10.4. The number of hydrogen-bond donors (Lipinski definition) is 0. The van der Waals surface area contributed by atoms with Crippen molar-refractivity contribution in [3.05, 3.63) is 29.8 Å². The van der Waals surface area contributed by atoms with Gasteiger partial charge in [-0.25, -0.2) is 9.79 Å². The van der Waals surface area contributed by atoms with E-state index in [2.05, 4.69) is 25.8 Å². The maximum atomic E-state index is 11.4. The van der Waals surface area contributed by atoms with Gasteiger partial charge in [0.2, 0.25) is 0 Å². The molecule has 0 aliphatic rings. The topological polar surface area (TPSA) is 47.9 Å². The minimum absolute atomic E-state index is 0. The van der Waals surface area contributed by atoms with Crippen LogP contribution in [-0.4, -0.2) is 42.9 Å². The first kappa shape index (κ1) is 26.8. The number of rotatable bonds is 7. The molecule has 0 spiro atoms. The second-order valence-electron chi connectivity index (χ2n) is 4.70. The van der Waals surface area contributed by atoms with Gasteiger partial charge in [0.05, 0.1) is 29.7 Å². The molecular formula is C18H29AuNO3PS. The molecule has 0 saturated heterocycles. The summed E-state index contributed by atoms with van der Waals surface area (Å²) in [5.41, 5.74) is 1.14. The summed E-state index contributed by atoms with van der Waals surface area (Å²) in [4.78, 5) is 15.4. The Balaban J connectivity index is 0. The Kier molecular flexibility index (Phi) is 18.2. The van der Waals surface area contributed by atoms with Crippen LogP contribution in [0.5, 0.6) is 0 Å². The Bertz CT molecular complexity index is 488. The molecular weight excluding hydrogens is 538 g/mol. The minimum Gasteiger partial charge on any atom is -0.722 e. The first-order valence-corrected chi connectivity index (χ1v) is 10.7.